The first kappa shape index (κ1) is 15.2. The number of hydrogen-bond acceptors (Lipinski definition) is 3. The molecule has 1 N–H and O–H groups in total. The Hall–Kier alpha value is -2.30. The number of aryl methyl sites for hydroxylation is 1. The number of aromatic amines is 1. The van der Waals surface area contributed by atoms with E-state index in [2.05, 4.69) is 11.9 Å². The van der Waals surface area contributed by atoms with E-state index in [1.165, 1.54) is 6.42 Å². The quantitative estimate of drug-likeness (QED) is 0.917. The first-order chi connectivity index (χ1) is 11.5. The van der Waals surface area contributed by atoms with Gasteiger partial charge in [-0.05, 0) is 56.4 Å². The Balaban J connectivity index is 1.55. The minimum absolute atomic E-state index is 0.204. The van der Waals surface area contributed by atoms with Gasteiger partial charge in [0, 0.05) is 17.7 Å². The molecule has 0 radical (unpaired) electrons. The van der Waals surface area contributed by atoms with E-state index < -0.39 is 0 Å². The maximum absolute atomic E-state index is 12.8. The minimum atomic E-state index is -0.322. The first-order valence-electron chi connectivity index (χ1n) is 8.62. The molecule has 2 aliphatic carbocycles. The average molecular weight is 326 g/mol. The predicted octanol–water partition coefficient (Wildman–Crippen LogP) is 3.20. The number of pyridine rings is 1. The lowest BCUT2D eigenvalue weighted by molar-refractivity contribution is 0.0715. The zero-order valence-electron chi connectivity index (χ0n) is 14.0. The normalized spacial score (nSPS) is 22.4. The minimum Gasteiger partial charge on any atom is -0.464 e. The van der Waals surface area contributed by atoms with Gasteiger partial charge in [0.2, 0.25) is 0 Å². The van der Waals surface area contributed by atoms with Gasteiger partial charge in [0.15, 0.2) is 0 Å². The molecule has 0 bridgehead atoms. The number of hydrogen-bond donors (Lipinski definition) is 1. The molecular formula is C19H22N2O3. The molecular weight excluding hydrogens is 304 g/mol. The zero-order chi connectivity index (χ0) is 16.8. The third-order valence-corrected chi connectivity index (χ3v) is 5.02. The average Bonchev–Trinajstić information content (AvgIpc) is 3.45. The standard InChI is InChI=1S/C19H22N2O3/c1-11-9-16(11)17-8-6-14(24-17)10-21(13-4-5-13)19(23)15-7-3-12(2)20-18(15)22/h3,6-8,11,13,16H,4-5,9-10H2,1-2H3,(H,20,22)/t11-,16-/m1/s1. The van der Waals surface area contributed by atoms with E-state index in [1.54, 1.807) is 24.0 Å². The topological polar surface area (TPSA) is 66.3 Å². The number of carbonyl (C=O) groups is 1. The van der Waals surface area contributed by atoms with Crippen LogP contribution in [0.4, 0.5) is 0 Å². The van der Waals surface area contributed by atoms with Crippen molar-refractivity contribution in [2.75, 3.05) is 0 Å². The fourth-order valence-corrected chi connectivity index (χ4v) is 3.21. The summed E-state index contributed by atoms with van der Waals surface area (Å²) in [6, 6.07) is 7.58. The third-order valence-electron chi connectivity index (χ3n) is 5.02. The summed E-state index contributed by atoms with van der Waals surface area (Å²) in [4.78, 5) is 29.4. The van der Waals surface area contributed by atoms with Crippen LogP contribution in [0.25, 0.3) is 0 Å². The van der Waals surface area contributed by atoms with Crippen molar-refractivity contribution >= 4 is 5.91 Å². The van der Waals surface area contributed by atoms with Crippen LogP contribution in [0, 0.1) is 12.8 Å². The van der Waals surface area contributed by atoms with Gasteiger partial charge < -0.3 is 14.3 Å². The van der Waals surface area contributed by atoms with Gasteiger partial charge in [0.1, 0.15) is 17.1 Å². The van der Waals surface area contributed by atoms with Crippen molar-refractivity contribution in [2.24, 2.45) is 5.92 Å². The van der Waals surface area contributed by atoms with Crippen molar-refractivity contribution in [3.8, 4) is 0 Å². The number of furan rings is 1. The summed E-state index contributed by atoms with van der Waals surface area (Å²) in [6.45, 7) is 4.45. The van der Waals surface area contributed by atoms with Crippen LogP contribution in [0.1, 0.15) is 59.7 Å². The molecule has 1 amide bonds. The Morgan fingerprint density at radius 3 is 2.67 bits per heavy atom. The van der Waals surface area contributed by atoms with Gasteiger partial charge in [-0.15, -0.1) is 0 Å². The molecule has 0 spiro atoms. The van der Waals surface area contributed by atoms with Gasteiger partial charge in [-0.25, -0.2) is 0 Å². The van der Waals surface area contributed by atoms with Crippen molar-refractivity contribution in [1.29, 1.82) is 0 Å². The van der Waals surface area contributed by atoms with E-state index in [0.717, 1.165) is 30.1 Å². The third kappa shape index (κ3) is 2.90. The fraction of sp³-hybridized carbons (Fsp3) is 0.474. The highest BCUT2D eigenvalue weighted by Gasteiger charge is 2.38. The zero-order valence-corrected chi connectivity index (χ0v) is 14.0. The van der Waals surface area contributed by atoms with E-state index in [9.17, 15) is 9.59 Å². The second-order valence-corrected chi connectivity index (χ2v) is 7.17. The molecule has 5 nitrogen and oxygen atoms in total. The Kier molecular flexibility index (Phi) is 3.59. The predicted molar refractivity (Wildman–Crippen MR) is 89.9 cm³/mol. The summed E-state index contributed by atoms with van der Waals surface area (Å²) in [5.74, 6) is 2.83. The molecule has 2 atom stereocenters. The Labute approximate surface area is 140 Å². The molecule has 126 valence electrons. The van der Waals surface area contributed by atoms with Gasteiger partial charge in [-0.3, -0.25) is 9.59 Å². The van der Waals surface area contributed by atoms with Crippen LogP contribution >= 0.6 is 0 Å². The maximum Gasteiger partial charge on any atom is 0.260 e. The van der Waals surface area contributed by atoms with Crippen LogP contribution in [0.15, 0.2) is 33.5 Å². The van der Waals surface area contributed by atoms with Crippen molar-refractivity contribution in [2.45, 2.75) is 51.6 Å². The highest BCUT2D eigenvalue weighted by Crippen LogP contribution is 2.47. The fourth-order valence-electron chi connectivity index (χ4n) is 3.21. The molecule has 0 aliphatic heterocycles. The molecule has 5 heteroatoms. The van der Waals surface area contributed by atoms with Crippen LogP contribution in [-0.2, 0) is 6.54 Å². The van der Waals surface area contributed by atoms with Crippen LogP contribution in [0.3, 0.4) is 0 Å². The molecule has 2 aromatic rings. The van der Waals surface area contributed by atoms with Crippen molar-refractivity contribution in [3.05, 3.63) is 57.4 Å². The number of aromatic nitrogens is 1. The number of carbonyl (C=O) groups excluding carboxylic acids is 1. The number of amides is 1. The molecule has 4 rings (SSSR count). The summed E-state index contributed by atoms with van der Waals surface area (Å²) >= 11 is 0. The SMILES string of the molecule is Cc1ccc(C(=O)N(Cc2ccc([C@@H]3C[C@H]3C)o2)C2CC2)c(=O)[nH]1. The van der Waals surface area contributed by atoms with Gasteiger partial charge in [-0.1, -0.05) is 6.92 Å². The molecule has 0 saturated heterocycles. The lowest BCUT2D eigenvalue weighted by atomic mass is 10.2. The molecule has 2 heterocycles. The summed E-state index contributed by atoms with van der Waals surface area (Å²) in [6.07, 6.45) is 3.16. The Bertz CT molecular complexity index is 831. The summed E-state index contributed by atoms with van der Waals surface area (Å²) in [5, 5.41) is 0. The lowest BCUT2D eigenvalue weighted by Gasteiger charge is -2.21. The summed E-state index contributed by atoms with van der Waals surface area (Å²) in [5.41, 5.74) is 0.636. The lowest BCUT2D eigenvalue weighted by Crippen LogP contribution is -2.36. The van der Waals surface area contributed by atoms with Gasteiger partial charge in [-0.2, -0.15) is 0 Å². The second kappa shape index (κ2) is 5.65. The highest BCUT2D eigenvalue weighted by atomic mass is 16.3. The van der Waals surface area contributed by atoms with E-state index >= 15 is 0 Å². The van der Waals surface area contributed by atoms with Crippen molar-refractivity contribution in [3.63, 3.8) is 0 Å². The number of rotatable bonds is 5. The number of H-pyrrole nitrogens is 1. The van der Waals surface area contributed by atoms with Gasteiger partial charge >= 0.3 is 0 Å². The van der Waals surface area contributed by atoms with Crippen LogP contribution in [0.2, 0.25) is 0 Å². The van der Waals surface area contributed by atoms with E-state index in [1.807, 2.05) is 12.1 Å². The Morgan fingerprint density at radius 2 is 2.04 bits per heavy atom. The molecule has 2 saturated carbocycles. The van der Waals surface area contributed by atoms with E-state index in [4.69, 9.17) is 4.42 Å². The smallest absolute Gasteiger partial charge is 0.260 e. The van der Waals surface area contributed by atoms with Gasteiger partial charge in [0.05, 0.1) is 6.54 Å². The summed E-state index contributed by atoms with van der Waals surface area (Å²) < 4.78 is 5.94. The van der Waals surface area contributed by atoms with E-state index in [-0.39, 0.29) is 23.1 Å². The van der Waals surface area contributed by atoms with E-state index in [0.29, 0.717) is 18.4 Å². The van der Waals surface area contributed by atoms with Crippen LogP contribution in [-0.4, -0.2) is 21.8 Å². The molecule has 0 unspecified atom stereocenters. The van der Waals surface area contributed by atoms with Crippen LogP contribution < -0.4 is 5.56 Å². The monoisotopic (exact) mass is 326 g/mol. The number of nitrogens with one attached hydrogen (secondary N) is 1. The first-order valence-corrected chi connectivity index (χ1v) is 8.62. The van der Waals surface area contributed by atoms with Crippen molar-refractivity contribution in [1.82, 2.24) is 9.88 Å². The maximum atomic E-state index is 12.8. The Morgan fingerprint density at radius 1 is 1.29 bits per heavy atom. The molecule has 24 heavy (non-hydrogen) atoms. The molecule has 2 aromatic heterocycles. The second-order valence-electron chi connectivity index (χ2n) is 7.17. The largest absolute Gasteiger partial charge is 0.464 e. The van der Waals surface area contributed by atoms with Gasteiger partial charge in [0.25, 0.3) is 11.5 Å². The number of nitrogens with zero attached hydrogens (tertiary/aromatic N) is 1. The molecule has 0 aromatic carbocycles. The molecule has 2 aliphatic rings. The molecule has 2 fully saturated rings. The van der Waals surface area contributed by atoms with Crippen molar-refractivity contribution < 1.29 is 9.21 Å². The van der Waals surface area contributed by atoms with Crippen LogP contribution in [0.5, 0.6) is 0 Å². The summed E-state index contributed by atoms with van der Waals surface area (Å²) in [7, 11) is 0. The highest BCUT2D eigenvalue weighted by molar-refractivity contribution is 5.94.